The van der Waals surface area contributed by atoms with Crippen molar-refractivity contribution in [2.24, 2.45) is 11.8 Å². The molecular weight excluding hydrogens is 260 g/mol. The lowest BCUT2D eigenvalue weighted by Gasteiger charge is -2.32. The average Bonchev–Trinajstić information content (AvgIpc) is 2.44. The molecule has 0 radical (unpaired) electrons. The van der Waals surface area contributed by atoms with Crippen molar-refractivity contribution >= 4 is 17.8 Å². The molecule has 2 unspecified atom stereocenters. The van der Waals surface area contributed by atoms with Gasteiger partial charge in [0.25, 0.3) is 0 Å². The van der Waals surface area contributed by atoms with Gasteiger partial charge in [0.1, 0.15) is 0 Å². The first-order chi connectivity index (χ1) is 9.45. The molecule has 1 aliphatic rings. The second-order valence-corrected chi connectivity index (χ2v) is 5.41. The molecular formula is C14H24N2O4. The van der Waals surface area contributed by atoms with Crippen LogP contribution in [0.15, 0.2) is 0 Å². The third kappa shape index (κ3) is 4.83. The largest absolute Gasteiger partial charge is 0.481 e. The number of likely N-dealkylation sites (tertiary alicyclic amines) is 1. The molecule has 2 amide bonds. The van der Waals surface area contributed by atoms with E-state index in [1.165, 1.54) is 0 Å². The minimum absolute atomic E-state index is 0.101. The van der Waals surface area contributed by atoms with E-state index >= 15 is 0 Å². The third-order valence-corrected chi connectivity index (χ3v) is 3.61. The maximum atomic E-state index is 12.0. The number of nitrogens with one attached hydrogen (secondary N) is 1. The molecule has 1 heterocycles. The van der Waals surface area contributed by atoms with E-state index in [1.807, 2.05) is 6.92 Å². The van der Waals surface area contributed by atoms with Crippen molar-refractivity contribution in [1.29, 1.82) is 0 Å². The summed E-state index contributed by atoms with van der Waals surface area (Å²) in [4.78, 5) is 36.3. The minimum Gasteiger partial charge on any atom is -0.481 e. The predicted octanol–water partition coefficient (Wildman–Crippen LogP) is 0.862. The van der Waals surface area contributed by atoms with Crippen LogP contribution in [0.2, 0.25) is 0 Å². The lowest BCUT2D eigenvalue weighted by Crippen LogP contribution is -2.46. The number of rotatable bonds is 6. The summed E-state index contributed by atoms with van der Waals surface area (Å²) < 4.78 is 0. The fourth-order valence-electron chi connectivity index (χ4n) is 2.27. The maximum Gasteiger partial charge on any atom is 0.308 e. The Labute approximate surface area is 119 Å². The molecule has 1 rings (SSSR count). The highest BCUT2D eigenvalue weighted by Gasteiger charge is 2.28. The molecule has 6 heteroatoms. The average molecular weight is 284 g/mol. The summed E-state index contributed by atoms with van der Waals surface area (Å²) >= 11 is 0. The zero-order valence-electron chi connectivity index (χ0n) is 12.2. The number of hydrogen-bond acceptors (Lipinski definition) is 3. The van der Waals surface area contributed by atoms with Gasteiger partial charge in [0.05, 0.1) is 11.8 Å². The third-order valence-electron chi connectivity index (χ3n) is 3.61. The lowest BCUT2D eigenvalue weighted by molar-refractivity contribution is -0.141. The SMILES string of the molecule is CCCC(=O)N1CCCC(C(=O)NCC(C)C(=O)O)C1. The number of carbonyl (C=O) groups is 3. The van der Waals surface area contributed by atoms with Crippen LogP contribution in [0.3, 0.4) is 0 Å². The van der Waals surface area contributed by atoms with E-state index in [1.54, 1.807) is 11.8 Å². The Morgan fingerprint density at radius 2 is 2.10 bits per heavy atom. The number of hydrogen-bond donors (Lipinski definition) is 2. The van der Waals surface area contributed by atoms with Crippen LogP contribution in [-0.2, 0) is 14.4 Å². The van der Waals surface area contributed by atoms with Gasteiger partial charge in [-0.3, -0.25) is 14.4 Å². The van der Waals surface area contributed by atoms with Crippen LogP contribution in [0, 0.1) is 11.8 Å². The maximum absolute atomic E-state index is 12.0. The summed E-state index contributed by atoms with van der Waals surface area (Å²) in [6.45, 7) is 4.81. The normalized spacial score (nSPS) is 20.3. The summed E-state index contributed by atoms with van der Waals surface area (Å²) in [6.07, 6.45) is 2.90. The number of carbonyl (C=O) groups excluding carboxylic acids is 2. The molecule has 0 aromatic rings. The standard InChI is InChI=1S/C14H24N2O4/c1-3-5-12(17)16-7-4-6-11(9-16)13(18)15-8-10(2)14(19)20/h10-11H,3-9H2,1-2H3,(H,15,18)(H,19,20). The molecule has 1 fully saturated rings. The molecule has 2 atom stereocenters. The van der Waals surface area contributed by atoms with E-state index in [0.717, 1.165) is 19.3 Å². The Bertz CT molecular complexity index is 370. The van der Waals surface area contributed by atoms with Crippen molar-refractivity contribution < 1.29 is 19.5 Å². The molecule has 0 bridgehead atoms. The Balaban J connectivity index is 2.44. The van der Waals surface area contributed by atoms with E-state index in [-0.39, 0.29) is 24.3 Å². The summed E-state index contributed by atoms with van der Waals surface area (Å²) in [6, 6.07) is 0. The number of carboxylic acid groups (broad SMARTS) is 1. The van der Waals surface area contributed by atoms with E-state index < -0.39 is 11.9 Å². The number of nitrogens with zero attached hydrogens (tertiary/aromatic N) is 1. The van der Waals surface area contributed by atoms with Crippen LogP contribution in [-0.4, -0.2) is 47.4 Å². The lowest BCUT2D eigenvalue weighted by atomic mass is 9.96. The molecule has 0 saturated carbocycles. The van der Waals surface area contributed by atoms with Crippen LogP contribution in [0.4, 0.5) is 0 Å². The second-order valence-electron chi connectivity index (χ2n) is 5.41. The van der Waals surface area contributed by atoms with Crippen molar-refractivity contribution in [2.75, 3.05) is 19.6 Å². The van der Waals surface area contributed by atoms with Crippen molar-refractivity contribution in [3.63, 3.8) is 0 Å². The van der Waals surface area contributed by atoms with Crippen LogP contribution in [0.5, 0.6) is 0 Å². The number of amides is 2. The number of piperidine rings is 1. The molecule has 0 aliphatic carbocycles. The van der Waals surface area contributed by atoms with Crippen LogP contribution >= 0.6 is 0 Å². The molecule has 0 spiro atoms. The van der Waals surface area contributed by atoms with E-state index in [2.05, 4.69) is 5.32 Å². The molecule has 0 aromatic carbocycles. The van der Waals surface area contributed by atoms with Gasteiger partial charge in [-0.1, -0.05) is 13.8 Å². The van der Waals surface area contributed by atoms with Gasteiger partial charge in [-0.15, -0.1) is 0 Å². The highest BCUT2D eigenvalue weighted by Crippen LogP contribution is 2.17. The first-order valence-corrected chi connectivity index (χ1v) is 7.24. The Kier molecular flexibility index (Phi) is 6.48. The highest BCUT2D eigenvalue weighted by molar-refractivity contribution is 5.81. The summed E-state index contributed by atoms with van der Waals surface area (Å²) in [5.74, 6) is -1.78. The zero-order valence-corrected chi connectivity index (χ0v) is 12.2. The molecule has 114 valence electrons. The number of carboxylic acids is 1. The first-order valence-electron chi connectivity index (χ1n) is 7.24. The van der Waals surface area contributed by atoms with Gasteiger partial charge < -0.3 is 15.3 Å². The van der Waals surface area contributed by atoms with Crippen molar-refractivity contribution in [2.45, 2.75) is 39.5 Å². The smallest absolute Gasteiger partial charge is 0.308 e. The van der Waals surface area contributed by atoms with Crippen molar-refractivity contribution in [1.82, 2.24) is 10.2 Å². The van der Waals surface area contributed by atoms with Crippen LogP contribution < -0.4 is 5.32 Å². The minimum atomic E-state index is -0.923. The topological polar surface area (TPSA) is 86.7 Å². The van der Waals surface area contributed by atoms with Gasteiger partial charge >= 0.3 is 5.97 Å². The van der Waals surface area contributed by atoms with Crippen molar-refractivity contribution in [3.8, 4) is 0 Å². The van der Waals surface area contributed by atoms with Gasteiger partial charge in [-0.05, 0) is 19.3 Å². The van der Waals surface area contributed by atoms with Gasteiger partial charge in [0.2, 0.25) is 11.8 Å². The molecule has 1 saturated heterocycles. The molecule has 20 heavy (non-hydrogen) atoms. The van der Waals surface area contributed by atoms with Crippen LogP contribution in [0.1, 0.15) is 39.5 Å². The van der Waals surface area contributed by atoms with Crippen LogP contribution in [0.25, 0.3) is 0 Å². The predicted molar refractivity (Wildman–Crippen MR) is 74.0 cm³/mol. The molecule has 6 nitrogen and oxygen atoms in total. The molecule has 0 aromatic heterocycles. The Morgan fingerprint density at radius 3 is 2.70 bits per heavy atom. The van der Waals surface area contributed by atoms with E-state index in [4.69, 9.17) is 5.11 Å². The van der Waals surface area contributed by atoms with E-state index in [0.29, 0.717) is 19.5 Å². The fourth-order valence-corrected chi connectivity index (χ4v) is 2.27. The Hall–Kier alpha value is -1.59. The quantitative estimate of drug-likeness (QED) is 0.757. The van der Waals surface area contributed by atoms with Crippen molar-refractivity contribution in [3.05, 3.63) is 0 Å². The van der Waals surface area contributed by atoms with Gasteiger partial charge in [0, 0.05) is 26.1 Å². The zero-order chi connectivity index (χ0) is 15.1. The summed E-state index contributed by atoms with van der Waals surface area (Å²) in [5.41, 5.74) is 0. The Morgan fingerprint density at radius 1 is 1.40 bits per heavy atom. The molecule has 2 N–H and O–H groups in total. The van der Waals surface area contributed by atoms with E-state index in [9.17, 15) is 14.4 Å². The first kappa shape index (κ1) is 16.5. The van der Waals surface area contributed by atoms with Gasteiger partial charge in [-0.25, -0.2) is 0 Å². The fraction of sp³-hybridized carbons (Fsp3) is 0.786. The highest BCUT2D eigenvalue weighted by atomic mass is 16.4. The number of aliphatic carboxylic acids is 1. The van der Waals surface area contributed by atoms with Gasteiger partial charge in [0.15, 0.2) is 0 Å². The summed E-state index contributed by atoms with van der Waals surface area (Å²) in [7, 11) is 0. The second kappa shape index (κ2) is 7.87. The molecule has 1 aliphatic heterocycles. The van der Waals surface area contributed by atoms with Gasteiger partial charge in [-0.2, -0.15) is 0 Å². The monoisotopic (exact) mass is 284 g/mol. The summed E-state index contributed by atoms with van der Waals surface area (Å²) in [5, 5.41) is 11.4.